The van der Waals surface area contributed by atoms with Gasteiger partial charge in [-0.15, -0.1) is 6.58 Å². The summed E-state index contributed by atoms with van der Waals surface area (Å²) in [5.41, 5.74) is 1.12. The maximum Gasteiger partial charge on any atom is 0.0779 e. The molecule has 0 aliphatic heterocycles. The minimum atomic E-state index is 0.229. The molecule has 0 aromatic heterocycles. The second kappa shape index (κ2) is 6.90. The highest BCUT2D eigenvalue weighted by Gasteiger charge is 2.09. The van der Waals surface area contributed by atoms with Crippen LogP contribution in [0.2, 0.25) is 0 Å². The van der Waals surface area contributed by atoms with Gasteiger partial charge in [0.05, 0.1) is 6.10 Å². The highest BCUT2D eigenvalue weighted by Crippen LogP contribution is 2.15. The van der Waals surface area contributed by atoms with E-state index in [1.54, 1.807) is 0 Å². The van der Waals surface area contributed by atoms with Gasteiger partial charge in [-0.3, -0.25) is 0 Å². The summed E-state index contributed by atoms with van der Waals surface area (Å²) in [6.07, 6.45) is 4.39. The van der Waals surface area contributed by atoms with Gasteiger partial charge in [0.1, 0.15) is 0 Å². The lowest BCUT2D eigenvalue weighted by Gasteiger charge is -2.18. The molecule has 2 unspecified atom stereocenters. The minimum absolute atomic E-state index is 0.229. The van der Waals surface area contributed by atoms with Crippen LogP contribution in [0, 0.1) is 5.92 Å². The van der Waals surface area contributed by atoms with Gasteiger partial charge in [-0.05, 0) is 32.6 Å². The van der Waals surface area contributed by atoms with E-state index in [1.165, 1.54) is 0 Å². The van der Waals surface area contributed by atoms with E-state index < -0.39 is 0 Å². The Morgan fingerprint density at radius 3 is 2.46 bits per heavy atom. The Kier molecular flexibility index (Phi) is 6.61. The van der Waals surface area contributed by atoms with Gasteiger partial charge in [-0.25, -0.2) is 0 Å². The first-order valence-electron chi connectivity index (χ1n) is 5.01. The zero-order chi connectivity index (χ0) is 10.3. The molecule has 0 aliphatic rings. The maximum absolute atomic E-state index is 5.56. The third-order valence-electron chi connectivity index (χ3n) is 2.20. The first-order valence-corrected chi connectivity index (χ1v) is 5.01. The lowest BCUT2D eigenvalue weighted by molar-refractivity contribution is 0.0792. The molecular weight excluding hydrogens is 160 g/mol. The van der Waals surface area contributed by atoms with Crippen molar-refractivity contribution in [1.29, 1.82) is 0 Å². The Morgan fingerprint density at radius 1 is 1.46 bits per heavy atom. The Bertz CT molecular complexity index is 161. The van der Waals surface area contributed by atoms with Crippen molar-refractivity contribution in [2.75, 3.05) is 6.61 Å². The lowest BCUT2D eigenvalue weighted by atomic mass is 10.0. The normalized spacial score (nSPS) is 15.0. The van der Waals surface area contributed by atoms with Gasteiger partial charge >= 0.3 is 0 Å². The number of hydrogen-bond acceptors (Lipinski definition) is 1. The number of hydrogen-bond donors (Lipinski definition) is 0. The number of allylic oxidation sites excluding steroid dienone is 1. The van der Waals surface area contributed by atoms with E-state index in [2.05, 4.69) is 20.1 Å². The molecule has 0 radical (unpaired) electrons. The zero-order valence-corrected chi connectivity index (χ0v) is 9.18. The van der Waals surface area contributed by atoms with Crippen LogP contribution in [0.4, 0.5) is 0 Å². The predicted octanol–water partition coefficient (Wildman–Crippen LogP) is 3.57. The quantitative estimate of drug-likeness (QED) is 0.547. The van der Waals surface area contributed by atoms with Crippen molar-refractivity contribution in [1.82, 2.24) is 0 Å². The highest BCUT2D eigenvalue weighted by atomic mass is 16.5. The van der Waals surface area contributed by atoms with Crippen LogP contribution in [0.25, 0.3) is 0 Å². The average Bonchev–Trinajstić information content (AvgIpc) is 2.11. The smallest absolute Gasteiger partial charge is 0.0779 e. The average molecular weight is 182 g/mol. The Balaban J connectivity index is 3.81. The summed E-state index contributed by atoms with van der Waals surface area (Å²) in [6.45, 7) is 14.7. The molecule has 1 heteroatoms. The number of rotatable bonds is 7. The largest absolute Gasteiger partial charge is 0.374 e. The van der Waals surface area contributed by atoms with Crippen LogP contribution in [0.3, 0.4) is 0 Å². The Hall–Kier alpha value is -0.560. The molecule has 1 nitrogen and oxygen atoms in total. The molecule has 76 valence electrons. The molecule has 2 atom stereocenters. The molecule has 0 rings (SSSR count). The molecule has 0 heterocycles. The Labute approximate surface area is 82.5 Å². The van der Waals surface area contributed by atoms with Crippen molar-refractivity contribution in [3.8, 4) is 0 Å². The summed E-state index contributed by atoms with van der Waals surface area (Å²) < 4.78 is 5.56. The standard InChI is InChI=1S/C12H22O/c1-6-11(5)8-9-12(10(3)4)13-7-2/h6,11-12H,1,3,7-9H2,2,4-5H3. The molecule has 0 amide bonds. The van der Waals surface area contributed by atoms with Gasteiger partial charge in [0.15, 0.2) is 0 Å². The molecule has 0 bridgehead atoms. The van der Waals surface area contributed by atoms with Crippen molar-refractivity contribution >= 4 is 0 Å². The molecule has 0 spiro atoms. The summed E-state index contributed by atoms with van der Waals surface area (Å²) in [6, 6.07) is 0. The van der Waals surface area contributed by atoms with Crippen molar-refractivity contribution < 1.29 is 4.74 Å². The summed E-state index contributed by atoms with van der Waals surface area (Å²) in [5, 5.41) is 0. The van der Waals surface area contributed by atoms with E-state index in [0.717, 1.165) is 25.0 Å². The van der Waals surface area contributed by atoms with Crippen molar-refractivity contribution in [3.05, 3.63) is 24.8 Å². The van der Waals surface area contributed by atoms with E-state index in [0.29, 0.717) is 5.92 Å². The molecule has 0 aromatic rings. The van der Waals surface area contributed by atoms with E-state index in [-0.39, 0.29) is 6.10 Å². The fraction of sp³-hybridized carbons (Fsp3) is 0.667. The first kappa shape index (κ1) is 12.4. The summed E-state index contributed by atoms with van der Waals surface area (Å²) in [5.74, 6) is 0.572. The lowest BCUT2D eigenvalue weighted by Crippen LogP contribution is -2.14. The topological polar surface area (TPSA) is 9.23 Å². The maximum atomic E-state index is 5.56. The van der Waals surface area contributed by atoms with Crippen molar-refractivity contribution in [3.63, 3.8) is 0 Å². The van der Waals surface area contributed by atoms with Crippen LogP contribution in [-0.2, 0) is 4.74 Å². The van der Waals surface area contributed by atoms with Gasteiger partial charge in [-0.2, -0.15) is 0 Å². The van der Waals surface area contributed by atoms with Crippen LogP contribution in [0.1, 0.15) is 33.6 Å². The molecular formula is C12H22O. The van der Waals surface area contributed by atoms with Crippen LogP contribution in [0.15, 0.2) is 24.8 Å². The third-order valence-corrected chi connectivity index (χ3v) is 2.20. The van der Waals surface area contributed by atoms with E-state index in [1.807, 2.05) is 19.9 Å². The minimum Gasteiger partial charge on any atom is -0.374 e. The van der Waals surface area contributed by atoms with Crippen LogP contribution < -0.4 is 0 Å². The van der Waals surface area contributed by atoms with Gasteiger partial charge in [0.2, 0.25) is 0 Å². The summed E-state index contributed by atoms with van der Waals surface area (Å²) in [4.78, 5) is 0. The van der Waals surface area contributed by atoms with Gasteiger partial charge in [0, 0.05) is 6.61 Å². The third kappa shape index (κ3) is 5.64. The fourth-order valence-electron chi connectivity index (χ4n) is 1.21. The first-order chi connectivity index (χ1) is 6.11. The van der Waals surface area contributed by atoms with Crippen molar-refractivity contribution in [2.45, 2.75) is 39.7 Å². The van der Waals surface area contributed by atoms with E-state index >= 15 is 0 Å². The second-order valence-corrected chi connectivity index (χ2v) is 3.58. The highest BCUT2D eigenvalue weighted by molar-refractivity contribution is 4.98. The van der Waals surface area contributed by atoms with E-state index in [9.17, 15) is 0 Å². The summed E-state index contributed by atoms with van der Waals surface area (Å²) >= 11 is 0. The molecule has 0 N–H and O–H groups in total. The second-order valence-electron chi connectivity index (χ2n) is 3.58. The molecule has 0 saturated heterocycles. The van der Waals surface area contributed by atoms with Crippen LogP contribution in [-0.4, -0.2) is 12.7 Å². The van der Waals surface area contributed by atoms with Gasteiger partial charge in [-0.1, -0.05) is 25.2 Å². The number of ether oxygens (including phenoxy) is 1. The van der Waals surface area contributed by atoms with Gasteiger partial charge < -0.3 is 4.74 Å². The molecule has 0 aromatic carbocycles. The monoisotopic (exact) mass is 182 g/mol. The van der Waals surface area contributed by atoms with Gasteiger partial charge in [0.25, 0.3) is 0 Å². The van der Waals surface area contributed by atoms with Crippen LogP contribution in [0.5, 0.6) is 0 Å². The van der Waals surface area contributed by atoms with Crippen molar-refractivity contribution in [2.24, 2.45) is 5.92 Å². The fourth-order valence-corrected chi connectivity index (χ4v) is 1.21. The van der Waals surface area contributed by atoms with Crippen LogP contribution >= 0.6 is 0 Å². The molecule has 0 fully saturated rings. The molecule has 0 aliphatic carbocycles. The molecule has 13 heavy (non-hydrogen) atoms. The predicted molar refractivity (Wildman–Crippen MR) is 58.8 cm³/mol. The van der Waals surface area contributed by atoms with E-state index in [4.69, 9.17) is 4.74 Å². The SMILES string of the molecule is C=CC(C)CCC(OCC)C(=C)C. The summed E-state index contributed by atoms with van der Waals surface area (Å²) in [7, 11) is 0. The Morgan fingerprint density at radius 2 is 2.08 bits per heavy atom. The molecule has 0 saturated carbocycles. The zero-order valence-electron chi connectivity index (χ0n) is 9.18.